The molecule has 3 aromatic rings. The second kappa shape index (κ2) is 14.1. The molecule has 2 aromatic carbocycles. The first kappa shape index (κ1) is 30.7. The molecule has 1 aliphatic carbocycles. The summed E-state index contributed by atoms with van der Waals surface area (Å²) >= 11 is 0. The number of anilines is 1. The number of nitrogens with one attached hydrogen (secondary N) is 2. The highest BCUT2D eigenvalue weighted by atomic mass is 16.6. The van der Waals surface area contributed by atoms with Crippen molar-refractivity contribution in [3.63, 3.8) is 0 Å². The molecule has 1 saturated carbocycles. The molecular formula is C31H39N5O6. The molecule has 1 amide bonds. The second-order valence-corrected chi connectivity index (χ2v) is 11.3. The fourth-order valence-electron chi connectivity index (χ4n) is 5.09. The Balaban J connectivity index is 1.28. The van der Waals surface area contributed by atoms with Crippen molar-refractivity contribution >= 4 is 17.3 Å². The van der Waals surface area contributed by atoms with Crippen molar-refractivity contribution < 1.29 is 24.3 Å². The Morgan fingerprint density at radius 3 is 2.60 bits per heavy atom. The number of benzene rings is 2. The Morgan fingerprint density at radius 1 is 1.17 bits per heavy atom. The largest absolute Gasteiger partial charge is 0.488 e. The number of nitrogens with zero attached hydrogens (tertiary/aromatic N) is 2. The van der Waals surface area contributed by atoms with E-state index in [2.05, 4.69) is 15.6 Å². The number of carbonyl (C=O) groups excluding carboxylic acids is 1. The Kier molecular flexibility index (Phi) is 10.3. The van der Waals surface area contributed by atoms with Crippen LogP contribution in [-0.2, 0) is 6.42 Å². The zero-order valence-electron chi connectivity index (χ0n) is 24.0. The van der Waals surface area contributed by atoms with Crippen LogP contribution in [0.2, 0.25) is 0 Å². The lowest BCUT2D eigenvalue weighted by molar-refractivity contribution is -0.384. The molecule has 0 bridgehead atoms. The number of carbonyl (C=O) groups is 1. The molecule has 0 radical (unpaired) electrons. The first-order valence-corrected chi connectivity index (χ1v) is 14.2. The summed E-state index contributed by atoms with van der Waals surface area (Å²) < 4.78 is 11.6. The number of nitro benzene ring substituents is 1. The topological polar surface area (TPSA) is 162 Å². The molecule has 42 heavy (non-hydrogen) atoms. The lowest BCUT2D eigenvalue weighted by atomic mass is 9.94. The van der Waals surface area contributed by atoms with Crippen LogP contribution in [-0.4, -0.2) is 52.3 Å². The summed E-state index contributed by atoms with van der Waals surface area (Å²) in [5.74, 6) is 0.913. The molecule has 0 unspecified atom stereocenters. The number of aromatic nitrogens is 1. The van der Waals surface area contributed by atoms with E-state index in [4.69, 9.17) is 15.2 Å². The highest BCUT2D eigenvalue weighted by Crippen LogP contribution is 2.35. The lowest BCUT2D eigenvalue weighted by Crippen LogP contribution is -2.46. The van der Waals surface area contributed by atoms with Crippen molar-refractivity contribution in [2.75, 3.05) is 25.0 Å². The van der Waals surface area contributed by atoms with E-state index in [1.165, 1.54) is 25.1 Å². The first-order chi connectivity index (χ1) is 20.1. The van der Waals surface area contributed by atoms with Crippen molar-refractivity contribution in [1.29, 1.82) is 0 Å². The highest BCUT2D eigenvalue weighted by Gasteiger charge is 2.23. The van der Waals surface area contributed by atoms with Crippen LogP contribution in [0.5, 0.6) is 17.4 Å². The smallest absolute Gasteiger partial charge is 0.296 e. The fourth-order valence-corrected chi connectivity index (χ4v) is 5.09. The van der Waals surface area contributed by atoms with Gasteiger partial charge in [-0.3, -0.25) is 14.9 Å². The van der Waals surface area contributed by atoms with Crippen molar-refractivity contribution in [3.8, 4) is 17.4 Å². The van der Waals surface area contributed by atoms with E-state index < -0.39 is 16.9 Å². The van der Waals surface area contributed by atoms with E-state index in [-0.39, 0.29) is 35.8 Å². The van der Waals surface area contributed by atoms with E-state index in [1.807, 2.05) is 26.0 Å². The van der Waals surface area contributed by atoms with Crippen molar-refractivity contribution in [1.82, 2.24) is 10.3 Å². The molecule has 1 fully saturated rings. The van der Waals surface area contributed by atoms with Crippen LogP contribution < -0.4 is 25.8 Å². The maximum atomic E-state index is 11.6. The van der Waals surface area contributed by atoms with Gasteiger partial charge in [0.2, 0.25) is 5.88 Å². The van der Waals surface area contributed by atoms with Gasteiger partial charge in [-0.15, -0.1) is 0 Å². The van der Waals surface area contributed by atoms with Crippen LogP contribution in [0.3, 0.4) is 0 Å². The minimum absolute atomic E-state index is 0.0186. The molecule has 0 spiro atoms. The maximum absolute atomic E-state index is 11.6. The number of amides is 1. The number of ether oxygens (including phenoxy) is 2. The Labute approximate surface area is 245 Å². The Hall–Kier alpha value is -4.22. The van der Waals surface area contributed by atoms with Crippen molar-refractivity contribution in [2.45, 2.75) is 57.6 Å². The normalized spacial score (nSPS) is 14.4. The van der Waals surface area contributed by atoms with Crippen LogP contribution in [0.15, 0.2) is 60.8 Å². The third-order valence-corrected chi connectivity index (χ3v) is 7.31. The van der Waals surface area contributed by atoms with E-state index in [1.54, 1.807) is 36.4 Å². The number of aliphatic hydroxyl groups is 1. The zero-order valence-corrected chi connectivity index (χ0v) is 24.0. The summed E-state index contributed by atoms with van der Waals surface area (Å²) in [6.07, 6.45) is 5.97. The predicted octanol–water partition coefficient (Wildman–Crippen LogP) is 4.83. The van der Waals surface area contributed by atoms with E-state index in [0.717, 1.165) is 18.4 Å². The molecule has 1 aliphatic rings. The minimum atomic E-state index is -0.834. The number of nitro groups is 1. The minimum Gasteiger partial charge on any atom is -0.488 e. The molecular weight excluding hydrogens is 538 g/mol. The third kappa shape index (κ3) is 8.64. The Morgan fingerprint density at radius 2 is 1.90 bits per heavy atom. The number of hydrogen-bond acceptors (Lipinski definition) is 9. The van der Waals surface area contributed by atoms with Gasteiger partial charge in [0.15, 0.2) is 5.69 Å². The SMILES string of the molecule is CC(C)(Cc1ccc(Oc2ncccc2C(N)=O)cc1)NC[C@H](O)COc1cccc([N+](=O)[O-])c1NCC1CCCC1. The van der Waals surface area contributed by atoms with Gasteiger partial charge < -0.3 is 30.9 Å². The summed E-state index contributed by atoms with van der Waals surface area (Å²) in [6.45, 7) is 4.97. The van der Waals surface area contributed by atoms with Gasteiger partial charge in [-0.1, -0.05) is 31.0 Å². The monoisotopic (exact) mass is 577 g/mol. The maximum Gasteiger partial charge on any atom is 0.296 e. The molecule has 0 aliphatic heterocycles. The third-order valence-electron chi connectivity index (χ3n) is 7.31. The van der Waals surface area contributed by atoms with E-state index in [9.17, 15) is 20.0 Å². The number of rotatable bonds is 15. The standard InChI is InChI=1S/C31H39N5O6/c1-31(2,17-21-12-14-24(15-13-21)42-30-25(29(32)38)9-6-16-33-30)35-19-23(37)20-41-27-11-5-10-26(36(39)40)28(27)34-18-22-7-3-4-8-22/h5-6,9-16,22-23,34-35,37H,3-4,7-8,17-20H2,1-2H3,(H2,32,38)/t23-/m0/s1. The fraction of sp³-hybridized carbons (Fsp3) is 0.419. The highest BCUT2D eigenvalue weighted by molar-refractivity contribution is 5.95. The molecule has 0 saturated heterocycles. The molecule has 224 valence electrons. The van der Waals surface area contributed by atoms with Crippen LogP contribution >= 0.6 is 0 Å². The van der Waals surface area contributed by atoms with Crippen molar-refractivity contribution in [2.24, 2.45) is 11.7 Å². The summed E-state index contributed by atoms with van der Waals surface area (Å²) in [7, 11) is 0. The number of nitrogens with two attached hydrogens (primary N) is 1. The molecule has 5 N–H and O–H groups in total. The van der Waals surface area contributed by atoms with Crippen LogP contribution in [0.4, 0.5) is 11.4 Å². The average molecular weight is 578 g/mol. The molecule has 1 heterocycles. The van der Waals surface area contributed by atoms with Crippen LogP contribution in [0.25, 0.3) is 0 Å². The van der Waals surface area contributed by atoms with Crippen molar-refractivity contribution in [3.05, 3.63) is 82.0 Å². The summed E-state index contributed by atoms with van der Waals surface area (Å²) in [5.41, 5.74) is 6.60. The van der Waals surface area contributed by atoms with Crippen LogP contribution in [0, 0.1) is 16.0 Å². The number of para-hydroxylation sites is 1. The first-order valence-electron chi connectivity index (χ1n) is 14.2. The summed E-state index contributed by atoms with van der Waals surface area (Å²) in [5, 5.41) is 28.9. The van der Waals surface area contributed by atoms with Gasteiger partial charge in [-0.05, 0) is 74.9 Å². The van der Waals surface area contributed by atoms with Gasteiger partial charge in [-0.25, -0.2) is 4.98 Å². The Bertz CT molecular complexity index is 1360. The lowest BCUT2D eigenvalue weighted by Gasteiger charge is -2.28. The van der Waals surface area contributed by atoms with Gasteiger partial charge in [0.05, 0.1) is 4.92 Å². The number of pyridine rings is 1. The number of primary amides is 1. The average Bonchev–Trinajstić information content (AvgIpc) is 3.49. The summed E-state index contributed by atoms with van der Waals surface area (Å²) in [6, 6.07) is 15.4. The molecule has 1 atom stereocenters. The number of β-amino-alcohol motifs (C(OH)–C–C–N with tert-alkyl or cyclic N) is 1. The van der Waals surface area contributed by atoms with Crippen LogP contribution in [0.1, 0.15) is 55.5 Å². The van der Waals surface area contributed by atoms with Gasteiger partial charge in [0, 0.05) is 30.9 Å². The van der Waals surface area contributed by atoms with E-state index >= 15 is 0 Å². The molecule has 11 nitrogen and oxygen atoms in total. The van der Waals surface area contributed by atoms with Gasteiger partial charge in [0.1, 0.15) is 29.8 Å². The summed E-state index contributed by atoms with van der Waals surface area (Å²) in [4.78, 5) is 26.9. The zero-order chi connectivity index (χ0) is 30.1. The molecule has 4 rings (SSSR count). The van der Waals surface area contributed by atoms with Gasteiger partial charge in [0.25, 0.3) is 11.6 Å². The van der Waals surface area contributed by atoms with Gasteiger partial charge in [-0.2, -0.15) is 0 Å². The number of hydrogen-bond donors (Lipinski definition) is 4. The van der Waals surface area contributed by atoms with Gasteiger partial charge >= 0.3 is 0 Å². The molecule has 11 heteroatoms. The number of aliphatic hydroxyl groups excluding tert-OH is 1. The quantitative estimate of drug-likeness (QED) is 0.146. The molecule has 1 aromatic heterocycles. The second-order valence-electron chi connectivity index (χ2n) is 11.3. The van der Waals surface area contributed by atoms with E-state index in [0.29, 0.717) is 36.1 Å². The predicted molar refractivity (Wildman–Crippen MR) is 160 cm³/mol.